The Balaban J connectivity index is 1.56. The summed E-state index contributed by atoms with van der Waals surface area (Å²) in [6.07, 6.45) is 3.48. The Hall–Kier alpha value is -3.65. The molecule has 5 rings (SSSR count). The van der Waals surface area contributed by atoms with E-state index in [0.29, 0.717) is 29.2 Å². The summed E-state index contributed by atoms with van der Waals surface area (Å²) in [5, 5.41) is 4.88. The summed E-state index contributed by atoms with van der Waals surface area (Å²) in [7, 11) is 0. The van der Waals surface area contributed by atoms with E-state index in [-0.39, 0.29) is 0 Å². The van der Waals surface area contributed by atoms with Crippen molar-refractivity contribution >= 4 is 21.6 Å². The van der Waals surface area contributed by atoms with E-state index >= 15 is 0 Å². The number of fused-ring (bicyclic) bond motifs is 1. The maximum absolute atomic E-state index is 6.21. The van der Waals surface area contributed by atoms with Crippen LogP contribution in [-0.4, -0.2) is 25.1 Å². The van der Waals surface area contributed by atoms with Crippen molar-refractivity contribution in [2.45, 2.75) is 20.8 Å². The van der Waals surface area contributed by atoms with Crippen LogP contribution in [0.3, 0.4) is 0 Å². The summed E-state index contributed by atoms with van der Waals surface area (Å²) >= 11 is 1.64. The number of benzene rings is 1. The van der Waals surface area contributed by atoms with Crippen LogP contribution in [0.5, 0.6) is 11.6 Å². The molecule has 0 fully saturated rings. The van der Waals surface area contributed by atoms with E-state index in [0.717, 1.165) is 26.9 Å². The first-order valence-corrected chi connectivity index (χ1v) is 10.2. The Morgan fingerprint density at radius 2 is 1.73 bits per heavy atom. The van der Waals surface area contributed by atoms with Crippen LogP contribution in [0, 0.1) is 20.8 Å². The van der Waals surface area contributed by atoms with E-state index in [9.17, 15) is 0 Å². The quantitative estimate of drug-likeness (QED) is 0.382. The van der Waals surface area contributed by atoms with Crippen LogP contribution in [0.15, 0.2) is 53.3 Å². The minimum atomic E-state index is 0.528. The van der Waals surface area contributed by atoms with Crippen molar-refractivity contribution in [1.82, 2.24) is 25.1 Å². The predicted molar refractivity (Wildman–Crippen MR) is 115 cm³/mol. The van der Waals surface area contributed by atoms with E-state index in [1.54, 1.807) is 30.7 Å². The molecule has 0 bridgehead atoms. The topological polar surface area (TPSA) is 86.8 Å². The lowest BCUT2D eigenvalue weighted by molar-refractivity contribution is 0.394. The maximum Gasteiger partial charge on any atom is 0.231 e. The second-order valence-corrected chi connectivity index (χ2v) is 8.02. The molecule has 5 aromatic rings. The van der Waals surface area contributed by atoms with Gasteiger partial charge in [0.05, 0.1) is 5.39 Å². The van der Waals surface area contributed by atoms with Crippen molar-refractivity contribution in [3.8, 4) is 34.4 Å². The van der Waals surface area contributed by atoms with Crippen LogP contribution in [0.1, 0.15) is 16.3 Å². The lowest BCUT2D eigenvalue weighted by Gasteiger charge is -2.09. The van der Waals surface area contributed by atoms with Gasteiger partial charge in [-0.15, -0.1) is 11.3 Å². The van der Waals surface area contributed by atoms with Crippen molar-refractivity contribution in [2.24, 2.45) is 0 Å². The molecule has 148 valence electrons. The second kappa shape index (κ2) is 7.31. The molecule has 0 N–H and O–H groups in total. The third-order valence-electron chi connectivity index (χ3n) is 4.77. The normalized spacial score (nSPS) is 11.2. The van der Waals surface area contributed by atoms with Crippen molar-refractivity contribution in [1.29, 1.82) is 0 Å². The number of pyridine rings is 1. The fraction of sp³-hybridized carbons (Fsp3) is 0.136. The Labute approximate surface area is 176 Å². The molecule has 0 aliphatic carbocycles. The van der Waals surface area contributed by atoms with Gasteiger partial charge in [-0.05, 0) is 55.8 Å². The number of aromatic nitrogens is 5. The molecule has 0 radical (unpaired) electrons. The van der Waals surface area contributed by atoms with Crippen molar-refractivity contribution in [3.63, 3.8) is 0 Å². The summed E-state index contributed by atoms with van der Waals surface area (Å²) in [4.78, 5) is 20.0. The molecule has 0 amide bonds. The third-order valence-corrected chi connectivity index (χ3v) is 5.87. The smallest absolute Gasteiger partial charge is 0.231 e. The number of thiophene rings is 1. The standard InChI is InChI=1S/C22H17N5O2S/c1-12-13(2)30-22-18(12)21(25-19(26-22)16-5-4-10-23-11-16)28-17-8-6-15(7-9-17)20-24-14(3)29-27-20/h4-11H,1-3H3. The zero-order valence-electron chi connectivity index (χ0n) is 16.6. The number of nitrogens with zero attached hydrogens (tertiary/aromatic N) is 5. The number of ether oxygens (including phenoxy) is 1. The molecule has 0 saturated carbocycles. The summed E-state index contributed by atoms with van der Waals surface area (Å²) in [6.45, 7) is 5.91. The highest BCUT2D eigenvalue weighted by molar-refractivity contribution is 7.18. The Morgan fingerprint density at radius 1 is 0.900 bits per heavy atom. The average Bonchev–Trinajstić information content (AvgIpc) is 3.32. The van der Waals surface area contributed by atoms with E-state index in [2.05, 4.69) is 29.0 Å². The van der Waals surface area contributed by atoms with E-state index in [1.165, 1.54) is 4.88 Å². The second-order valence-electron chi connectivity index (χ2n) is 6.82. The molecule has 0 spiro atoms. The molecule has 8 heteroatoms. The molecule has 7 nitrogen and oxygen atoms in total. The highest BCUT2D eigenvalue weighted by Crippen LogP contribution is 2.38. The summed E-state index contributed by atoms with van der Waals surface area (Å²) < 4.78 is 11.3. The van der Waals surface area contributed by atoms with Gasteiger partial charge in [0.15, 0.2) is 5.82 Å². The number of hydrogen-bond acceptors (Lipinski definition) is 8. The molecule has 4 aromatic heterocycles. The third kappa shape index (κ3) is 3.31. The summed E-state index contributed by atoms with van der Waals surface area (Å²) in [5.41, 5.74) is 2.82. The Kier molecular flexibility index (Phi) is 4.48. The molecule has 0 unspecified atom stereocenters. The average molecular weight is 415 g/mol. The monoisotopic (exact) mass is 415 g/mol. The van der Waals surface area contributed by atoms with E-state index in [1.807, 2.05) is 36.4 Å². The SMILES string of the molecule is Cc1nc(-c2ccc(Oc3nc(-c4cccnc4)nc4sc(C)c(C)c34)cc2)no1. The predicted octanol–water partition coefficient (Wildman–Crippen LogP) is 5.52. The zero-order valence-corrected chi connectivity index (χ0v) is 17.4. The first-order valence-electron chi connectivity index (χ1n) is 9.35. The van der Waals surface area contributed by atoms with Gasteiger partial charge in [0.25, 0.3) is 0 Å². The molecule has 1 aromatic carbocycles. The maximum atomic E-state index is 6.21. The van der Waals surface area contributed by atoms with Gasteiger partial charge in [-0.3, -0.25) is 4.98 Å². The van der Waals surface area contributed by atoms with Crippen LogP contribution in [0.25, 0.3) is 33.0 Å². The van der Waals surface area contributed by atoms with Crippen molar-refractivity contribution in [3.05, 3.63) is 65.1 Å². The zero-order chi connectivity index (χ0) is 20.7. The van der Waals surface area contributed by atoms with Gasteiger partial charge in [-0.25, -0.2) is 4.98 Å². The summed E-state index contributed by atoms with van der Waals surface area (Å²) in [5.74, 6) is 2.86. The molecule has 4 heterocycles. The van der Waals surface area contributed by atoms with Gasteiger partial charge in [-0.2, -0.15) is 9.97 Å². The van der Waals surface area contributed by atoms with Gasteiger partial charge in [0.2, 0.25) is 17.6 Å². The van der Waals surface area contributed by atoms with Crippen molar-refractivity contribution in [2.75, 3.05) is 0 Å². The van der Waals surface area contributed by atoms with Gasteiger partial charge in [0.1, 0.15) is 10.6 Å². The molecule has 0 saturated heterocycles. The van der Waals surface area contributed by atoms with Crippen LogP contribution in [0.4, 0.5) is 0 Å². The lowest BCUT2D eigenvalue weighted by atomic mass is 10.2. The highest BCUT2D eigenvalue weighted by atomic mass is 32.1. The highest BCUT2D eigenvalue weighted by Gasteiger charge is 2.17. The molecular formula is C22H17N5O2S. The van der Waals surface area contributed by atoms with E-state index < -0.39 is 0 Å². The number of hydrogen-bond donors (Lipinski definition) is 0. The Bertz CT molecular complexity index is 1340. The van der Waals surface area contributed by atoms with Crippen LogP contribution < -0.4 is 4.74 Å². The first kappa shape index (κ1) is 18.4. The molecule has 0 atom stereocenters. The Morgan fingerprint density at radius 3 is 2.43 bits per heavy atom. The minimum absolute atomic E-state index is 0.528. The van der Waals surface area contributed by atoms with Crippen molar-refractivity contribution < 1.29 is 9.26 Å². The molecular weight excluding hydrogens is 398 g/mol. The minimum Gasteiger partial charge on any atom is -0.438 e. The largest absolute Gasteiger partial charge is 0.438 e. The summed E-state index contributed by atoms with van der Waals surface area (Å²) in [6, 6.07) is 11.3. The molecule has 0 aliphatic heterocycles. The van der Waals surface area contributed by atoms with E-state index in [4.69, 9.17) is 19.2 Å². The van der Waals surface area contributed by atoms with Crippen LogP contribution in [-0.2, 0) is 0 Å². The van der Waals surface area contributed by atoms with Gasteiger partial charge < -0.3 is 9.26 Å². The van der Waals surface area contributed by atoms with Gasteiger partial charge in [0, 0.05) is 35.3 Å². The molecule has 0 aliphatic rings. The first-order chi connectivity index (χ1) is 14.6. The fourth-order valence-electron chi connectivity index (χ4n) is 3.11. The number of aryl methyl sites for hydroxylation is 3. The van der Waals surface area contributed by atoms with Gasteiger partial charge >= 0.3 is 0 Å². The number of rotatable bonds is 4. The fourth-order valence-corrected chi connectivity index (χ4v) is 4.13. The lowest BCUT2D eigenvalue weighted by Crippen LogP contribution is -1.95. The van der Waals surface area contributed by atoms with Crippen LogP contribution in [0.2, 0.25) is 0 Å². The van der Waals surface area contributed by atoms with Gasteiger partial charge in [-0.1, -0.05) is 5.16 Å². The van der Waals surface area contributed by atoms with Crippen LogP contribution >= 0.6 is 11.3 Å². The molecule has 30 heavy (non-hydrogen) atoms.